The Balaban J connectivity index is 3.37. The summed E-state index contributed by atoms with van der Waals surface area (Å²) < 4.78 is 5.50. The number of unbranched alkanes of at least 4 members (excludes halogenated alkanes) is 1. The van der Waals surface area contributed by atoms with Gasteiger partial charge in [0.25, 0.3) is 0 Å². The van der Waals surface area contributed by atoms with E-state index in [2.05, 4.69) is 29.1 Å². The van der Waals surface area contributed by atoms with Crippen molar-refractivity contribution in [3.8, 4) is 0 Å². The number of hydrogen-bond donors (Lipinski definition) is 2. The van der Waals surface area contributed by atoms with Crippen molar-refractivity contribution in [3.63, 3.8) is 0 Å². The van der Waals surface area contributed by atoms with Gasteiger partial charge in [-0.25, -0.2) is 0 Å². The van der Waals surface area contributed by atoms with Crippen LogP contribution in [0, 0.1) is 0 Å². The minimum atomic E-state index is 0.819. The first-order chi connectivity index (χ1) is 9.35. The molecule has 0 heterocycles. The molecule has 0 saturated carbocycles. The molecule has 4 nitrogen and oxygen atoms in total. The molecule has 0 fully saturated rings. The second kappa shape index (κ2) is 15.4. The van der Waals surface area contributed by atoms with Gasteiger partial charge in [0.2, 0.25) is 0 Å². The molecule has 0 spiro atoms. The molecule has 0 bridgehead atoms. The van der Waals surface area contributed by atoms with Gasteiger partial charge in [0.1, 0.15) is 0 Å². The summed E-state index contributed by atoms with van der Waals surface area (Å²) in [5.74, 6) is 2.93. The lowest BCUT2D eigenvalue weighted by molar-refractivity contribution is 0.129. The Hall–Kier alpha value is -0.680. The number of thioether (sulfide) groups is 1. The molecule has 0 aliphatic carbocycles. The zero-order chi connectivity index (χ0) is 14.2. The van der Waals surface area contributed by atoms with Crippen molar-refractivity contribution in [3.05, 3.63) is 12.7 Å². The van der Waals surface area contributed by atoms with Crippen LogP contribution in [-0.4, -0.2) is 50.8 Å². The van der Waals surface area contributed by atoms with E-state index < -0.39 is 0 Å². The van der Waals surface area contributed by atoms with Crippen LogP contribution < -0.4 is 10.6 Å². The van der Waals surface area contributed by atoms with Crippen molar-refractivity contribution in [2.24, 2.45) is 4.99 Å². The van der Waals surface area contributed by atoms with Crippen LogP contribution in [0.3, 0.4) is 0 Å². The molecule has 0 aromatic rings. The monoisotopic (exact) mass is 287 g/mol. The summed E-state index contributed by atoms with van der Waals surface area (Å²) in [5, 5.41) is 6.56. The molecular weight excluding hydrogens is 258 g/mol. The molecule has 0 atom stereocenters. The molecule has 0 aromatic heterocycles. The van der Waals surface area contributed by atoms with Crippen molar-refractivity contribution < 1.29 is 4.74 Å². The van der Waals surface area contributed by atoms with Crippen LogP contribution in [0.2, 0.25) is 0 Å². The van der Waals surface area contributed by atoms with E-state index in [-0.39, 0.29) is 0 Å². The Morgan fingerprint density at radius 3 is 2.68 bits per heavy atom. The highest BCUT2D eigenvalue weighted by atomic mass is 32.2. The predicted molar refractivity (Wildman–Crippen MR) is 87.2 cm³/mol. The largest absolute Gasteiger partial charge is 0.381 e. The quantitative estimate of drug-likeness (QED) is 0.250. The molecule has 0 aliphatic heterocycles. The Morgan fingerprint density at radius 1 is 1.26 bits per heavy atom. The van der Waals surface area contributed by atoms with Gasteiger partial charge < -0.3 is 15.4 Å². The predicted octanol–water partition coefficient (Wildman–Crippen LogP) is 2.28. The van der Waals surface area contributed by atoms with Crippen molar-refractivity contribution in [1.29, 1.82) is 0 Å². The summed E-state index contributed by atoms with van der Waals surface area (Å²) in [6.45, 7) is 9.39. The molecule has 0 radical (unpaired) electrons. The minimum Gasteiger partial charge on any atom is -0.381 e. The lowest BCUT2D eigenvalue weighted by Gasteiger charge is -2.11. The maximum atomic E-state index is 5.50. The van der Waals surface area contributed by atoms with Gasteiger partial charge in [-0.2, -0.15) is 11.8 Å². The summed E-state index contributed by atoms with van der Waals surface area (Å²) >= 11 is 1.86. The highest BCUT2D eigenvalue weighted by Gasteiger charge is 1.96. The minimum absolute atomic E-state index is 0.819. The number of nitrogens with one attached hydrogen (secondary N) is 2. The zero-order valence-electron chi connectivity index (χ0n) is 12.4. The van der Waals surface area contributed by atoms with E-state index in [0.29, 0.717) is 0 Å². The fraction of sp³-hybridized carbons (Fsp3) is 0.786. The molecule has 19 heavy (non-hydrogen) atoms. The Morgan fingerprint density at radius 2 is 2.00 bits per heavy atom. The average molecular weight is 287 g/mol. The lowest BCUT2D eigenvalue weighted by Crippen LogP contribution is -2.39. The molecule has 5 heteroatoms. The van der Waals surface area contributed by atoms with Gasteiger partial charge in [-0.05, 0) is 12.8 Å². The first-order valence-electron chi connectivity index (χ1n) is 7.06. The van der Waals surface area contributed by atoms with E-state index in [0.717, 1.165) is 56.6 Å². The Labute approximate surface area is 122 Å². The molecule has 0 saturated heterocycles. The van der Waals surface area contributed by atoms with E-state index in [1.54, 1.807) is 7.05 Å². The molecule has 0 amide bonds. The Kier molecular flexibility index (Phi) is 14.8. The fourth-order valence-corrected chi connectivity index (χ4v) is 1.94. The zero-order valence-corrected chi connectivity index (χ0v) is 13.2. The van der Waals surface area contributed by atoms with Crippen molar-refractivity contribution >= 4 is 17.7 Å². The molecule has 0 rings (SSSR count). The van der Waals surface area contributed by atoms with Crippen LogP contribution in [0.5, 0.6) is 0 Å². The van der Waals surface area contributed by atoms with Gasteiger partial charge in [0.05, 0.1) is 0 Å². The van der Waals surface area contributed by atoms with Crippen LogP contribution in [0.4, 0.5) is 0 Å². The third kappa shape index (κ3) is 13.6. The van der Waals surface area contributed by atoms with E-state index in [1.807, 2.05) is 17.8 Å². The second-order valence-corrected chi connectivity index (χ2v) is 5.26. The van der Waals surface area contributed by atoms with E-state index in [4.69, 9.17) is 4.74 Å². The number of hydrogen-bond acceptors (Lipinski definition) is 3. The topological polar surface area (TPSA) is 45.7 Å². The lowest BCUT2D eigenvalue weighted by atomic mass is 10.4. The van der Waals surface area contributed by atoms with Gasteiger partial charge in [0.15, 0.2) is 5.96 Å². The number of guanidine groups is 1. The molecule has 2 N–H and O–H groups in total. The maximum absolute atomic E-state index is 5.50. The average Bonchev–Trinajstić information content (AvgIpc) is 2.44. The Bertz CT molecular complexity index is 235. The van der Waals surface area contributed by atoms with Gasteiger partial charge >= 0.3 is 0 Å². The summed E-state index contributed by atoms with van der Waals surface area (Å²) in [6, 6.07) is 0. The third-order valence-corrected chi connectivity index (χ3v) is 3.36. The first-order valence-corrected chi connectivity index (χ1v) is 8.21. The first kappa shape index (κ1) is 18.3. The molecule has 0 aliphatic rings. The van der Waals surface area contributed by atoms with Gasteiger partial charge in [-0.3, -0.25) is 4.99 Å². The van der Waals surface area contributed by atoms with E-state index >= 15 is 0 Å². The highest BCUT2D eigenvalue weighted by molar-refractivity contribution is 7.99. The molecule has 112 valence electrons. The SMILES string of the molecule is C=CCSCCNC(=NC)NCCCOCCCC. The number of nitrogens with zero attached hydrogens (tertiary/aromatic N) is 1. The van der Waals surface area contributed by atoms with Crippen LogP contribution >= 0.6 is 11.8 Å². The van der Waals surface area contributed by atoms with Crippen LogP contribution in [0.25, 0.3) is 0 Å². The number of ether oxygens (including phenoxy) is 1. The van der Waals surface area contributed by atoms with Crippen LogP contribution in [-0.2, 0) is 4.74 Å². The summed E-state index contributed by atoms with van der Waals surface area (Å²) in [6.07, 6.45) is 5.28. The summed E-state index contributed by atoms with van der Waals surface area (Å²) in [5.41, 5.74) is 0. The maximum Gasteiger partial charge on any atom is 0.191 e. The van der Waals surface area contributed by atoms with Gasteiger partial charge in [-0.1, -0.05) is 19.4 Å². The van der Waals surface area contributed by atoms with Gasteiger partial charge in [-0.15, -0.1) is 6.58 Å². The number of aliphatic imine (C=N–C) groups is 1. The highest BCUT2D eigenvalue weighted by Crippen LogP contribution is 1.96. The van der Waals surface area contributed by atoms with Crippen molar-refractivity contribution in [2.75, 3.05) is 44.9 Å². The summed E-state index contributed by atoms with van der Waals surface area (Å²) in [7, 11) is 1.80. The van der Waals surface area contributed by atoms with Crippen molar-refractivity contribution in [1.82, 2.24) is 10.6 Å². The van der Waals surface area contributed by atoms with Crippen LogP contribution in [0.15, 0.2) is 17.6 Å². The van der Waals surface area contributed by atoms with Crippen molar-refractivity contribution in [2.45, 2.75) is 26.2 Å². The van der Waals surface area contributed by atoms with E-state index in [1.165, 1.54) is 6.42 Å². The molecular formula is C14H29N3OS. The van der Waals surface area contributed by atoms with E-state index in [9.17, 15) is 0 Å². The third-order valence-electron chi connectivity index (χ3n) is 2.40. The molecule has 0 aromatic carbocycles. The summed E-state index contributed by atoms with van der Waals surface area (Å²) in [4.78, 5) is 4.18. The van der Waals surface area contributed by atoms with Crippen LogP contribution in [0.1, 0.15) is 26.2 Å². The van der Waals surface area contributed by atoms with Gasteiger partial charge in [0, 0.05) is 44.9 Å². The number of rotatable bonds is 12. The smallest absolute Gasteiger partial charge is 0.191 e. The molecule has 0 unspecified atom stereocenters. The fourth-order valence-electron chi connectivity index (χ4n) is 1.36. The second-order valence-electron chi connectivity index (χ2n) is 4.11. The normalized spacial score (nSPS) is 11.4. The standard InChI is InChI=1S/C14H29N3OS/c1-4-6-10-18-11-7-8-16-14(15-3)17-9-13-19-12-5-2/h5H,2,4,6-13H2,1,3H3,(H2,15,16,17).